The van der Waals surface area contributed by atoms with Crippen LogP contribution < -0.4 is 26.6 Å². The highest BCUT2D eigenvalue weighted by Crippen LogP contribution is 2.28. The van der Waals surface area contributed by atoms with E-state index in [0.717, 1.165) is 26.1 Å². The maximum absolute atomic E-state index is 15.4. The van der Waals surface area contributed by atoms with Gasteiger partial charge in [-0.25, -0.2) is 0 Å². The average Bonchev–Trinajstić information content (AvgIpc) is 1.14. The van der Waals surface area contributed by atoms with E-state index < -0.39 is 161 Å². The summed E-state index contributed by atoms with van der Waals surface area (Å²) in [5, 5.41) is 24.4. The van der Waals surface area contributed by atoms with Crippen LogP contribution in [-0.2, 0) is 62.2 Å². The zero-order chi connectivity index (χ0) is 66.3. The summed E-state index contributed by atoms with van der Waals surface area (Å²) in [7, 11) is 7.05. The molecule has 0 radical (unpaired) electrons. The summed E-state index contributed by atoms with van der Waals surface area (Å²) < 4.78 is 11.8. The van der Waals surface area contributed by atoms with Crippen LogP contribution in [0.1, 0.15) is 141 Å². The molecule has 4 aliphatic rings. The van der Waals surface area contributed by atoms with E-state index in [1.54, 1.807) is 48.5 Å². The second-order valence-electron chi connectivity index (χ2n) is 26.2. The molecule has 0 aromatic heterocycles. The van der Waals surface area contributed by atoms with Gasteiger partial charge in [0.05, 0.1) is 19.3 Å². The lowest BCUT2D eigenvalue weighted by Gasteiger charge is -2.43. The Morgan fingerprint density at radius 3 is 1.74 bits per heavy atom. The molecule has 11 amide bonds. The number of aliphatic hydroxyl groups excluding tert-OH is 1. The van der Waals surface area contributed by atoms with Crippen LogP contribution in [0.15, 0.2) is 0 Å². The number of likely N-dealkylation sites (N-methyl/N-ethyl adjacent to an activating group) is 5. The molecule has 26 nitrogen and oxygen atoms in total. The van der Waals surface area contributed by atoms with Crippen LogP contribution in [0.3, 0.4) is 0 Å². The van der Waals surface area contributed by atoms with Crippen molar-refractivity contribution >= 4 is 65.0 Å². The number of hydrogen-bond acceptors (Lipinski definition) is 15. The van der Waals surface area contributed by atoms with E-state index in [-0.39, 0.29) is 57.2 Å². The number of ether oxygens (including phenoxy) is 2. The molecular formula is C62H108N12O14. The number of morpholine rings is 1. The first kappa shape index (κ1) is 74.5. The van der Waals surface area contributed by atoms with Crippen molar-refractivity contribution in [3.05, 3.63) is 0 Å². The van der Waals surface area contributed by atoms with Crippen LogP contribution in [0.4, 0.5) is 0 Å². The third-order valence-corrected chi connectivity index (χ3v) is 18.4. The third kappa shape index (κ3) is 18.8. The van der Waals surface area contributed by atoms with Gasteiger partial charge in [0.2, 0.25) is 65.0 Å². The van der Waals surface area contributed by atoms with Crippen LogP contribution in [0.2, 0.25) is 0 Å². The van der Waals surface area contributed by atoms with Crippen molar-refractivity contribution in [2.45, 2.75) is 220 Å². The standard InChI is InChI=1S/C62H108N12O14/c1-19-44-59(83)68(14)42(12)58(82)72(18)51(43(13)88-27-21-20-23-73-24-28-87-29-25-73)56(80)67-48-38(8)31-36(6)32-45(65-54(48)78)53(77)63-40(10)57(81)74-39(9)33-47(69(15)60(84)46(30-34(2)3)66-52(76)41(74)11)61(85)70(16)49(35(4)5)62(86)71(17)50(55(79)64-44)37(7)22-26-75/h34-51,75H,19-33H2,1-18H3,(H,63,77)(H,64,79)(H,65,78)(H,66,76)(H,67,80). The Morgan fingerprint density at radius 1 is 0.568 bits per heavy atom. The molecule has 0 spiro atoms. The molecule has 88 heavy (non-hydrogen) atoms. The highest BCUT2D eigenvalue weighted by Gasteiger charge is 2.47. The predicted octanol–water partition coefficient (Wildman–Crippen LogP) is 0.322. The quantitative estimate of drug-likeness (QED) is 0.128. The molecule has 4 heterocycles. The Kier molecular flexibility index (Phi) is 28.5. The minimum absolute atomic E-state index is 0.0367. The zero-order valence-corrected chi connectivity index (χ0v) is 55.9. The number of hydrogen-bond donors (Lipinski definition) is 6. The molecule has 4 aliphatic heterocycles. The third-order valence-electron chi connectivity index (χ3n) is 18.4. The van der Waals surface area contributed by atoms with Gasteiger partial charge in [0.1, 0.15) is 66.5 Å². The fraction of sp³-hybridized carbons (Fsp3) is 0.823. The Morgan fingerprint density at radius 2 is 1.15 bits per heavy atom. The van der Waals surface area contributed by atoms with E-state index in [1.807, 2.05) is 20.8 Å². The smallest absolute Gasteiger partial charge is 0.246 e. The molecule has 0 saturated carbocycles. The van der Waals surface area contributed by atoms with E-state index in [2.05, 4.69) is 31.5 Å². The van der Waals surface area contributed by atoms with E-state index in [4.69, 9.17) is 9.47 Å². The molecule has 4 bridgehead atoms. The van der Waals surface area contributed by atoms with Crippen LogP contribution in [0.25, 0.3) is 0 Å². The number of nitrogens with one attached hydrogen (secondary N) is 5. The van der Waals surface area contributed by atoms with Gasteiger partial charge < -0.3 is 70.6 Å². The summed E-state index contributed by atoms with van der Waals surface area (Å²) in [6.45, 7) is 25.5. The Labute approximate surface area is 522 Å². The Balaban J connectivity index is 1.90. The second kappa shape index (κ2) is 33.7. The number of fused-ring (bicyclic) bond motifs is 6. The predicted molar refractivity (Wildman–Crippen MR) is 329 cm³/mol. The SMILES string of the molecule is CCC1NC(=O)C(C(C)CCO)N(C)C(=O)C(C(C)C)N(C)C(=O)C2CC(C)N(C(=O)C(C)NC(=O)C3CC(C)CC(C)C(NC(=O)C(C(C)OCCCCN4CCOCC4)N(C)C(=O)C(C)N(C)C1=O)C(=O)N3)C(C)C(=O)NC(CC(C)C)C(=O)N2C. The number of carbonyl (C=O) groups is 11. The normalized spacial score (nSPS) is 31.8. The summed E-state index contributed by atoms with van der Waals surface area (Å²) >= 11 is 0. The summed E-state index contributed by atoms with van der Waals surface area (Å²) in [4.78, 5) is 172. The second-order valence-corrected chi connectivity index (χ2v) is 26.2. The van der Waals surface area contributed by atoms with Crippen LogP contribution >= 0.6 is 0 Å². The van der Waals surface area contributed by atoms with Crippen molar-refractivity contribution < 1.29 is 67.3 Å². The van der Waals surface area contributed by atoms with Crippen molar-refractivity contribution in [3.63, 3.8) is 0 Å². The minimum Gasteiger partial charge on any atom is -0.396 e. The van der Waals surface area contributed by atoms with Crippen LogP contribution in [0, 0.1) is 29.6 Å². The largest absolute Gasteiger partial charge is 0.396 e. The molecule has 16 unspecified atom stereocenters. The maximum atomic E-state index is 15.4. The number of amides is 11. The molecule has 0 aromatic carbocycles. The lowest BCUT2D eigenvalue weighted by Crippen LogP contribution is -2.65. The highest BCUT2D eigenvalue weighted by atomic mass is 16.5. The molecule has 16 atom stereocenters. The maximum Gasteiger partial charge on any atom is 0.246 e. The van der Waals surface area contributed by atoms with Crippen molar-refractivity contribution in [2.24, 2.45) is 29.6 Å². The molecule has 0 aliphatic carbocycles. The Bertz CT molecular complexity index is 2440. The number of carbonyl (C=O) groups excluding carboxylic acids is 11. The lowest BCUT2D eigenvalue weighted by molar-refractivity contribution is -0.157. The van der Waals surface area contributed by atoms with Crippen molar-refractivity contribution in [2.75, 3.05) is 81.3 Å². The van der Waals surface area contributed by atoms with Crippen LogP contribution in [-0.4, -0.2) is 264 Å². The zero-order valence-electron chi connectivity index (χ0n) is 55.9. The van der Waals surface area contributed by atoms with Crippen molar-refractivity contribution in [1.82, 2.24) is 60.9 Å². The highest BCUT2D eigenvalue weighted by molar-refractivity contribution is 6.00. The molecule has 6 N–H and O–H groups in total. The van der Waals surface area contributed by atoms with Gasteiger partial charge in [-0.1, -0.05) is 55.4 Å². The number of nitrogens with zero attached hydrogens (tertiary/aromatic N) is 7. The summed E-state index contributed by atoms with van der Waals surface area (Å²) in [5.41, 5.74) is 0. The van der Waals surface area contributed by atoms with Gasteiger partial charge in [0.25, 0.3) is 0 Å². The topological polar surface area (TPSA) is 309 Å². The fourth-order valence-corrected chi connectivity index (χ4v) is 13.0. The van der Waals surface area contributed by atoms with Crippen LogP contribution in [0.5, 0.6) is 0 Å². The molecule has 4 saturated heterocycles. The fourth-order valence-electron chi connectivity index (χ4n) is 13.0. The molecule has 500 valence electrons. The van der Waals surface area contributed by atoms with E-state index in [1.165, 1.54) is 85.4 Å². The summed E-state index contributed by atoms with van der Waals surface area (Å²) in [5.74, 6) is -9.74. The van der Waals surface area contributed by atoms with E-state index in [9.17, 15) is 43.5 Å². The number of rotatable bonds is 14. The van der Waals surface area contributed by atoms with Crippen molar-refractivity contribution in [3.8, 4) is 0 Å². The number of unbranched alkanes of at least 4 members (excludes halogenated alkanes) is 1. The van der Waals surface area contributed by atoms with Crippen molar-refractivity contribution in [1.29, 1.82) is 0 Å². The Hall–Kier alpha value is -5.99. The average molecular weight is 1250 g/mol. The van der Waals surface area contributed by atoms with Gasteiger partial charge in [-0.2, -0.15) is 0 Å². The molecule has 4 fully saturated rings. The molecular weight excluding hydrogens is 1140 g/mol. The number of aliphatic hydroxyl groups is 1. The minimum atomic E-state index is -1.36. The molecule has 4 rings (SSSR count). The first-order valence-corrected chi connectivity index (χ1v) is 31.9. The van der Waals surface area contributed by atoms with Gasteiger partial charge in [-0.3, -0.25) is 57.6 Å². The van der Waals surface area contributed by atoms with Gasteiger partial charge in [0, 0.05) is 67.6 Å². The van der Waals surface area contributed by atoms with Gasteiger partial charge in [0.15, 0.2) is 0 Å². The summed E-state index contributed by atoms with van der Waals surface area (Å²) in [6, 6.07) is -14.9. The molecule has 0 aromatic rings. The molecule has 26 heteroatoms. The van der Waals surface area contributed by atoms with Gasteiger partial charge in [-0.15, -0.1) is 0 Å². The lowest BCUT2D eigenvalue weighted by atomic mass is 9.84. The van der Waals surface area contributed by atoms with E-state index >= 15 is 14.4 Å². The monoisotopic (exact) mass is 1240 g/mol. The van der Waals surface area contributed by atoms with Gasteiger partial charge in [-0.05, 0) is 122 Å². The summed E-state index contributed by atoms with van der Waals surface area (Å²) in [6.07, 6.45) is 0.991. The first-order chi connectivity index (χ1) is 41.2. The van der Waals surface area contributed by atoms with E-state index in [0.29, 0.717) is 26.1 Å². The first-order valence-electron chi connectivity index (χ1n) is 31.9. The van der Waals surface area contributed by atoms with Gasteiger partial charge >= 0.3 is 0 Å².